The van der Waals surface area contributed by atoms with E-state index in [0.29, 0.717) is 0 Å². The summed E-state index contributed by atoms with van der Waals surface area (Å²) in [6, 6.07) is 8.88. The Morgan fingerprint density at radius 1 is 1.25 bits per heavy atom. The molecule has 1 aromatic carbocycles. The number of hydrogen-bond donors (Lipinski definition) is 0. The van der Waals surface area contributed by atoms with Gasteiger partial charge < -0.3 is 0 Å². The lowest BCUT2D eigenvalue weighted by molar-refractivity contribution is 0.626. The highest BCUT2D eigenvalue weighted by molar-refractivity contribution is 9.09. The first-order valence-electron chi connectivity index (χ1n) is 5.04. The number of hydrogen-bond acceptors (Lipinski definition) is 1. The summed E-state index contributed by atoms with van der Waals surface area (Å²) in [6.45, 7) is 4.19. The molecule has 0 radical (unpaired) electrons. The largest absolute Gasteiger partial charge is 0.207 e. The summed E-state index contributed by atoms with van der Waals surface area (Å²) in [7, 11) is 0. The molecule has 16 heavy (non-hydrogen) atoms. The first kappa shape index (κ1) is 11.8. The Balaban J connectivity index is 2.38. The van der Waals surface area contributed by atoms with E-state index in [1.165, 1.54) is 21.4 Å². The number of benzene rings is 1. The molecule has 0 spiro atoms. The molecule has 0 aliphatic rings. The van der Waals surface area contributed by atoms with Gasteiger partial charge in [0, 0.05) is 9.75 Å². The van der Waals surface area contributed by atoms with Crippen LogP contribution in [0, 0.1) is 19.7 Å². The zero-order valence-corrected chi connectivity index (χ0v) is 11.5. The predicted octanol–water partition coefficient (Wildman–Crippen LogP) is 4.99. The fraction of sp³-hybridized carbons (Fsp3) is 0.231. The third kappa shape index (κ3) is 2.36. The van der Waals surface area contributed by atoms with Crippen LogP contribution in [0.2, 0.25) is 0 Å². The second kappa shape index (κ2) is 4.68. The van der Waals surface area contributed by atoms with Crippen molar-refractivity contribution in [2.24, 2.45) is 0 Å². The Labute approximate surface area is 107 Å². The second-order valence-corrected chi connectivity index (χ2v) is 6.16. The van der Waals surface area contributed by atoms with Crippen LogP contribution in [-0.2, 0) is 0 Å². The fourth-order valence-corrected chi connectivity index (χ4v) is 3.62. The lowest BCUT2D eigenvalue weighted by Gasteiger charge is -2.09. The highest BCUT2D eigenvalue weighted by atomic mass is 79.9. The van der Waals surface area contributed by atoms with E-state index in [1.807, 2.05) is 6.07 Å². The summed E-state index contributed by atoms with van der Waals surface area (Å²) in [4.78, 5) is 2.64. The van der Waals surface area contributed by atoms with Gasteiger partial charge >= 0.3 is 0 Å². The first-order valence-corrected chi connectivity index (χ1v) is 6.77. The zero-order valence-electron chi connectivity index (χ0n) is 9.13. The summed E-state index contributed by atoms with van der Waals surface area (Å²) in [5.41, 5.74) is 2.19. The van der Waals surface area contributed by atoms with Gasteiger partial charge in [-0.25, -0.2) is 4.39 Å². The lowest BCUT2D eigenvalue weighted by atomic mass is 10.1. The molecular weight excluding hydrogens is 287 g/mol. The van der Waals surface area contributed by atoms with Crippen molar-refractivity contribution >= 4 is 27.3 Å². The van der Waals surface area contributed by atoms with Crippen LogP contribution in [0.3, 0.4) is 0 Å². The summed E-state index contributed by atoms with van der Waals surface area (Å²) in [5, 5.41) is 0. The molecule has 0 saturated heterocycles. The summed E-state index contributed by atoms with van der Waals surface area (Å²) >= 11 is 5.41. The summed E-state index contributed by atoms with van der Waals surface area (Å²) in [6.07, 6.45) is 0. The van der Waals surface area contributed by atoms with Gasteiger partial charge in [-0.05, 0) is 43.2 Å². The van der Waals surface area contributed by atoms with Crippen molar-refractivity contribution < 1.29 is 4.39 Å². The molecular formula is C13H12BrFS. The Morgan fingerprint density at radius 3 is 2.56 bits per heavy atom. The topological polar surface area (TPSA) is 0 Å². The zero-order chi connectivity index (χ0) is 11.7. The standard InChI is InChI=1S/C13H12BrFS/c1-8-6-12(9(2)16-8)13(14)10-4-3-5-11(15)7-10/h3-7,13H,1-2H3. The minimum Gasteiger partial charge on any atom is -0.207 e. The van der Waals surface area contributed by atoms with Gasteiger partial charge in [0.05, 0.1) is 4.83 Å². The van der Waals surface area contributed by atoms with E-state index in [9.17, 15) is 4.39 Å². The Kier molecular flexibility index (Phi) is 3.45. The Morgan fingerprint density at radius 2 is 2.00 bits per heavy atom. The molecule has 84 valence electrons. The molecule has 0 aliphatic heterocycles. The van der Waals surface area contributed by atoms with Crippen LogP contribution in [0.25, 0.3) is 0 Å². The number of aryl methyl sites for hydroxylation is 2. The minimum atomic E-state index is -0.188. The van der Waals surface area contributed by atoms with E-state index >= 15 is 0 Å². The average molecular weight is 299 g/mol. The van der Waals surface area contributed by atoms with Gasteiger partial charge in [-0.15, -0.1) is 11.3 Å². The van der Waals surface area contributed by atoms with Gasteiger partial charge in [-0.3, -0.25) is 0 Å². The van der Waals surface area contributed by atoms with Crippen LogP contribution in [0.5, 0.6) is 0 Å². The molecule has 1 unspecified atom stereocenters. The third-order valence-electron chi connectivity index (χ3n) is 2.49. The van der Waals surface area contributed by atoms with Gasteiger partial charge in [0.15, 0.2) is 0 Å². The highest BCUT2D eigenvalue weighted by Gasteiger charge is 2.15. The smallest absolute Gasteiger partial charge is 0.123 e. The number of alkyl halides is 1. The van der Waals surface area contributed by atoms with Gasteiger partial charge in [-0.2, -0.15) is 0 Å². The maximum atomic E-state index is 13.1. The maximum absolute atomic E-state index is 13.1. The van der Waals surface area contributed by atoms with E-state index in [0.717, 1.165) is 5.56 Å². The van der Waals surface area contributed by atoms with Crippen LogP contribution >= 0.6 is 27.3 Å². The quantitative estimate of drug-likeness (QED) is 0.685. The van der Waals surface area contributed by atoms with Crippen molar-refractivity contribution in [3.8, 4) is 0 Å². The number of halogens is 2. The Hall–Kier alpha value is -0.670. The maximum Gasteiger partial charge on any atom is 0.123 e. The van der Waals surface area contributed by atoms with Gasteiger partial charge in [0.2, 0.25) is 0 Å². The van der Waals surface area contributed by atoms with Crippen LogP contribution in [0.4, 0.5) is 4.39 Å². The average Bonchev–Trinajstić information content (AvgIpc) is 2.57. The van der Waals surface area contributed by atoms with E-state index in [-0.39, 0.29) is 10.6 Å². The van der Waals surface area contributed by atoms with Crippen molar-refractivity contribution in [2.45, 2.75) is 18.7 Å². The molecule has 0 N–H and O–H groups in total. The molecule has 0 aliphatic carbocycles. The molecule has 0 nitrogen and oxygen atoms in total. The van der Waals surface area contributed by atoms with E-state index < -0.39 is 0 Å². The molecule has 1 atom stereocenters. The monoisotopic (exact) mass is 298 g/mol. The van der Waals surface area contributed by atoms with Crippen LogP contribution in [0.1, 0.15) is 25.7 Å². The van der Waals surface area contributed by atoms with Gasteiger partial charge in [0.25, 0.3) is 0 Å². The van der Waals surface area contributed by atoms with E-state index in [2.05, 4.69) is 35.8 Å². The number of rotatable bonds is 2. The summed E-state index contributed by atoms with van der Waals surface area (Å²) < 4.78 is 13.1. The van der Waals surface area contributed by atoms with Crippen molar-refractivity contribution in [1.29, 1.82) is 0 Å². The van der Waals surface area contributed by atoms with Crippen LogP contribution in [-0.4, -0.2) is 0 Å². The lowest BCUT2D eigenvalue weighted by Crippen LogP contribution is -1.93. The normalized spacial score (nSPS) is 12.8. The molecule has 0 amide bonds. The SMILES string of the molecule is Cc1cc(C(Br)c2cccc(F)c2)c(C)s1. The molecule has 1 heterocycles. The van der Waals surface area contributed by atoms with Crippen LogP contribution in [0.15, 0.2) is 30.3 Å². The molecule has 3 heteroatoms. The summed E-state index contributed by atoms with van der Waals surface area (Å²) in [5.74, 6) is -0.188. The molecule has 2 aromatic rings. The molecule has 1 aromatic heterocycles. The third-order valence-corrected chi connectivity index (χ3v) is 4.50. The second-order valence-electron chi connectivity index (χ2n) is 3.79. The van der Waals surface area contributed by atoms with E-state index in [4.69, 9.17) is 0 Å². The van der Waals surface area contributed by atoms with Gasteiger partial charge in [0.1, 0.15) is 5.82 Å². The molecule has 2 rings (SSSR count). The molecule has 0 fully saturated rings. The van der Waals surface area contributed by atoms with Crippen molar-refractivity contribution in [3.05, 3.63) is 57.0 Å². The van der Waals surface area contributed by atoms with Crippen molar-refractivity contribution in [2.75, 3.05) is 0 Å². The fourth-order valence-electron chi connectivity index (χ4n) is 1.75. The molecule has 0 saturated carbocycles. The van der Waals surface area contributed by atoms with Crippen molar-refractivity contribution in [1.82, 2.24) is 0 Å². The highest BCUT2D eigenvalue weighted by Crippen LogP contribution is 2.36. The minimum absolute atomic E-state index is 0.0770. The first-order chi connectivity index (χ1) is 7.58. The number of thiophene rings is 1. The predicted molar refractivity (Wildman–Crippen MR) is 71.0 cm³/mol. The molecule has 0 bridgehead atoms. The van der Waals surface area contributed by atoms with E-state index in [1.54, 1.807) is 23.5 Å². The Bertz CT molecular complexity index is 504. The van der Waals surface area contributed by atoms with Gasteiger partial charge in [-0.1, -0.05) is 28.1 Å². The van der Waals surface area contributed by atoms with Crippen molar-refractivity contribution in [3.63, 3.8) is 0 Å². The van der Waals surface area contributed by atoms with Crippen LogP contribution < -0.4 is 0 Å².